The van der Waals surface area contributed by atoms with Gasteiger partial charge in [0.25, 0.3) is 0 Å². The van der Waals surface area contributed by atoms with E-state index in [2.05, 4.69) is 10.1 Å². The molecule has 0 aromatic heterocycles. The molecule has 0 aliphatic rings. The van der Waals surface area contributed by atoms with Crippen molar-refractivity contribution in [3.05, 3.63) is 23.3 Å². The number of nitrogens with one attached hydrogen (secondary N) is 1. The van der Waals surface area contributed by atoms with E-state index in [1.165, 1.54) is 0 Å². The Bertz CT molecular complexity index is 454. The molecule has 92 valence electrons. The molecule has 0 saturated heterocycles. The molecular weight excluding hydrogens is 222 g/mol. The molecule has 0 atom stereocenters. The van der Waals surface area contributed by atoms with Gasteiger partial charge in [0.15, 0.2) is 0 Å². The number of benzene rings is 1. The van der Waals surface area contributed by atoms with E-state index in [0.29, 0.717) is 5.69 Å². The smallest absolute Gasteiger partial charge is 0.396 e. The van der Waals surface area contributed by atoms with Crippen LogP contribution in [0.2, 0.25) is 0 Å². The van der Waals surface area contributed by atoms with Crippen molar-refractivity contribution in [2.45, 2.75) is 13.8 Å². The summed E-state index contributed by atoms with van der Waals surface area (Å²) in [5, 5.41) is 2.48. The quantitative estimate of drug-likeness (QED) is 0.624. The zero-order valence-corrected chi connectivity index (χ0v) is 10.3. The average Bonchev–Trinajstić information content (AvgIpc) is 2.34. The van der Waals surface area contributed by atoms with Crippen LogP contribution in [0.15, 0.2) is 12.1 Å². The number of ether oxygens (including phenoxy) is 2. The second kappa shape index (κ2) is 5.34. The van der Waals surface area contributed by atoms with Crippen molar-refractivity contribution < 1.29 is 19.1 Å². The largest absolute Gasteiger partial charge is 0.496 e. The molecule has 1 rings (SSSR count). The summed E-state index contributed by atoms with van der Waals surface area (Å²) in [7, 11) is 2.74. The first-order valence-electron chi connectivity index (χ1n) is 5.04. The third kappa shape index (κ3) is 2.75. The molecule has 1 N–H and O–H groups in total. The maximum atomic E-state index is 11.3. The van der Waals surface area contributed by atoms with Crippen LogP contribution in [0.25, 0.3) is 0 Å². The molecule has 0 heterocycles. The molecule has 0 radical (unpaired) electrons. The van der Waals surface area contributed by atoms with Crippen LogP contribution in [-0.2, 0) is 14.3 Å². The highest BCUT2D eigenvalue weighted by Crippen LogP contribution is 2.27. The number of esters is 1. The van der Waals surface area contributed by atoms with E-state index in [4.69, 9.17) is 4.74 Å². The van der Waals surface area contributed by atoms with Gasteiger partial charge in [-0.25, -0.2) is 4.79 Å². The second-order valence-electron chi connectivity index (χ2n) is 3.51. The zero-order chi connectivity index (χ0) is 13.0. The third-order valence-electron chi connectivity index (χ3n) is 2.58. The molecule has 0 bridgehead atoms. The summed E-state index contributed by atoms with van der Waals surface area (Å²) >= 11 is 0. The van der Waals surface area contributed by atoms with Crippen molar-refractivity contribution in [1.82, 2.24) is 0 Å². The highest BCUT2D eigenvalue weighted by atomic mass is 16.5. The van der Waals surface area contributed by atoms with Crippen LogP contribution in [-0.4, -0.2) is 26.1 Å². The molecule has 0 unspecified atom stereocenters. The first-order chi connectivity index (χ1) is 8.01. The molecule has 17 heavy (non-hydrogen) atoms. The summed E-state index contributed by atoms with van der Waals surface area (Å²) in [5.74, 6) is -0.975. The SMILES string of the molecule is COC(=O)C(=O)Nc1ccc(OC)c(C)c1C. The number of anilines is 1. The Morgan fingerprint density at radius 2 is 1.76 bits per heavy atom. The minimum Gasteiger partial charge on any atom is -0.496 e. The number of rotatable bonds is 2. The van der Waals surface area contributed by atoms with E-state index in [9.17, 15) is 9.59 Å². The second-order valence-corrected chi connectivity index (χ2v) is 3.51. The first kappa shape index (κ1) is 13.0. The fraction of sp³-hybridized carbons (Fsp3) is 0.333. The summed E-state index contributed by atoms with van der Waals surface area (Å²) in [5.41, 5.74) is 2.33. The van der Waals surface area contributed by atoms with Crippen LogP contribution in [0.1, 0.15) is 11.1 Å². The van der Waals surface area contributed by atoms with Gasteiger partial charge in [0.2, 0.25) is 0 Å². The Morgan fingerprint density at radius 1 is 1.12 bits per heavy atom. The van der Waals surface area contributed by atoms with Crippen molar-refractivity contribution in [1.29, 1.82) is 0 Å². The Morgan fingerprint density at radius 3 is 2.29 bits per heavy atom. The summed E-state index contributed by atoms with van der Waals surface area (Å²) in [6.45, 7) is 3.71. The average molecular weight is 237 g/mol. The Kier molecular flexibility index (Phi) is 4.09. The lowest BCUT2D eigenvalue weighted by Crippen LogP contribution is -2.24. The summed E-state index contributed by atoms with van der Waals surface area (Å²) in [6.07, 6.45) is 0. The normalized spacial score (nSPS) is 9.65. The monoisotopic (exact) mass is 237 g/mol. The summed E-state index contributed by atoms with van der Waals surface area (Å²) in [4.78, 5) is 22.3. The van der Waals surface area contributed by atoms with Crippen LogP contribution in [0.4, 0.5) is 5.69 Å². The molecule has 0 aliphatic heterocycles. The van der Waals surface area contributed by atoms with E-state index >= 15 is 0 Å². The van der Waals surface area contributed by atoms with E-state index in [0.717, 1.165) is 24.0 Å². The maximum absolute atomic E-state index is 11.3. The Hall–Kier alpha value is -2.04. The number of carbonyl (C=O) groups is 2. The number of methoxy groups -OCH3 is 2. The molecule has 1 amide bonds. The van der Waals surface area contributed by atoms with Gasteiger partial charge in [-0.15, -0.1) is 0 Å². The predicted molar refractivity (Wildman–Crippen MR) is 63.1 cm³/mol. The van der Waals surface area contributed by atoms with Gasteiger partial charge in [0.05, 0.1) is 14.2 Å². The lowest BCUT2D eigenvalue weighted by atomic mass is 10.1. The van der Waals surface area contributed by atoms with Gasteiger partial charge in [-0.3, -0.25) is 4.79 Å². The van der Waals surface area contributed by atoms with E-state index < -0.39 is 11.9 Å². The molecule has 5 nitrogen and oxygen atoms in total. The Balaban J connectivity index is 2.97. The van der Waals surface area contributed by atoms with Gasteiger partial charge in [-0.1, -0.05) is 0 Å². The standard InChI is InChI=1S/C12H15NO4/c1-7-8(2)10(16-3)6-5-9(7)13-11(14)12(15)17-4/h5-6H,1-4H3,(H,13,14). The number of hydrogen-bond donors (Lipinski definition) is 1. The maximum Gasteiger partial charge on any atom is 0.396 e. The van der Waals surface area contributed by atoms with Crippen molar-refractivity contribution in [3.63, 3.8) is 0 Å². The minimum atomic E-state index is -0.919. The van der Waals surface area contributed by atoms with Crippen molar-refractivity contribution in [2.75, 3.05) is 19.5 Å². The third-order valence-corrected chi connectivity index (χ3v) is 2.58. The molecule has 0 spiro atoms. The van der Waals surface area contributed by atoms with Crippen molar-refractivity contribution in [3.8, 4) is 5.75 Å². The van der Waals surface area contributed by atoms with Gasteiger partial charge >= 0.3 is 11.9 Å². The molecule has 5 heteroatoms. The van der Waals surface area contributed by atoms with Gasteiger partial charge < -0.3 is 14.8 Å². The minimum absolute atomic E-state index is 0.568. The van der Waals surface area contributed by atoms with Crippen LogP contribution in [0.5, 0.6) is 5.75 Å². The van der Waals surface area contributed by atoms with E-state index in [1.54, 1.807) is 19.2 Å². The molecule has 0 aliphatic carbocycles. The molecule has 1 aromatic carbocycles. The highest BCUT2D eigenvalue weighted by molar-refractivity contribution is 6.37. The Labute approximate surface area is 99.7 Å². The van der Waals surface area contributed by atoms with Crippen LogP contribution in [0, 0.1) is 13.8 Å². The fourth-order valence-electron chi connectivity index (χ4n) is 1.42. The van der Waals surface area contributed by atoms with Crippen molar-refractivity contribution >= 4 is 17.6 Å². The topological polar surface area (TPSA) is 64.6 Å². The van der Waals surface area contributed by atoms with Gasteiger partial charge in [-0.05, 0) is 37.1 Å². The molecule has 1 aromatic rings. The highest BCUT2D eigenvalue weighted by Gasteiger charge is 2.16. The molecule has 0 fully saturated rings. The summed E-state index contributed by atoms with van der Waals surface area (Å²) in [6, 6.07) is 3.41. The molecule has 0 saturated carbocycles. The predicted octanol–water partition coefficient (Wildman–Crippen LogP) is 1.42. The number of amides is 1. The van der Waals surface area contributed by atoms with Gasteiger partial charge in [0, 0.05) is 5.69 Å². The van der Waals surface area contributed by atoms with Crippen LogP contribution in [0.3, 0.4) is 0 Å². The number of carbonyl (C=O) groups excluding carboxylic acids is 2. The zero-order valence-electron chi connectivity index (χ0n) is 10.3. The van der Waals surface area contributed by atoms with Crippen LogP contribution >= 0.6 is 0 Å². The fourth-order valence-corrected chi connectivity index (χ4v) is 1.42. The van der Waals surface area contributed by atoms with E-state index in [-0.39, 0.29) is 0 Å². The van der Waals surface area contributed by atoms with Crippen molar-refractivity contribution in [2.24, 2.45) is 0 Å². The lowest BCUT2D eigenvalue weighted by molar-refractivity contribution is -0.150. The molecular formula is C12H15NO4. The van der Waals surface area contributed by atoms with E-state index in [1.807, 2.05) is 13.8 Å². The first-order valence-corrected chi connectivity index (χ1v) is 5.04. The number of hydrogen-bond acceptors (Lipinski definition) is 4. The summed E-state index contributed by atoms with van der Waals surface area (Å²) < 4.78 is 9.47. The van der Waals surface area contributed by atoms with Gasteiger partial charge in [0.1, 0.15) is 5.75 Å². The van der Waals surface area contributed by atoms with Crippen LogP contribution < -0.4 is 10.1 Å². The van der Waals surface area contributed by atoms with Gasteiger partial charge in [-0.2, -0.15) is 0 Å². The lowest BCUT2D eigenvalue weighted by Gasteiger charge is -2.12.